The molecular weight excluding hydrogens is 316 g/mol. The minimum Gasteiger partial charge on any atom is -0.360 e. The predicted octanol–water partition coefficient (Wildman–Crippen LogP) is 1.75. The van der Waals surface area contributed by atoms with Gasteiger partial charge in [-0.25, -0.2) is 22.7 Å². The Morgan fingerprint density at radius 2 is 1.79 bits per heavy atom. The van der Waals surface area contributed by atoms with Crippen molar-refractivity contribution in [3.05, 3.63) is 0 Å². The Morgan fingerprint density at radius 3 is 2.32 bits per heavy atom. The Balaban J connectivity index is 3.85. The normalized spacial score (nSPS) is 10.7. The third-order valence-corrected chi connectivity index (χ3v) is 3.98. The molecule has 0 fully saturated rings. The zero-order valence-corrected chi connectivity index (χ0v) is 13.2. The molecule has 19 heavy (non-hydrogen) atoms. The van der Waals surface area contributed by atoms with E-state index in [9.17, 15) is 18.0 Å². The smallest absolute Gasteiger partial charge is 0.360 e. The molecule has 112 valence electrons. The molecule has 8 nitrogen and oxygen atoms in total. The highest BCUT2D eigenvalue weighted by atomic mass is 33.1. The summed E-state index contributed by atoms with van der Waals surface area (Å²) in [7, 11) is -0.698. The average molecular weight is 332 g/mol. The van der Waals surface area contributed by atoms with Crippen LogP contribution in [0.4, 0.5) is 9.59 Å². The number of rotatable bonds is 7. The summed E-state index contributed by atoms with van der Waals surface area (Å²) in [5.41, 5.74) is 0. The van der Waals surface area contributed by atoms with Gasteiger partial charge in [0.2, 0.25) is 10.0 Å². The van der Waals surface area contributed by atoms with Crippen molar-refractivity contribution in [2.75, 3.05) is 19.8 Å². The minimum atomic E-state index is -3.67. The Bertz CT molecular complexity index is 397. The fourth-order valence-electron chi connectivity index (χ4n) is 0.692. The zero-order valence-electron chi connectivity index (χ0n) is 10.7. The van der Waals surface area contributed by atoms with Gasteiger partial charge in [0.15, 0.2) is 22.1 Å². The van der Waals surface area contributed by atoms with Crippen LogP contribution >= 0.6 is 22.1 Å². The van der Waals surface area contributed by atoms with E-state index in [4.69, 9.17) is 0 Å². The molecule has 0 aromatic carbocycles. The van der Waals surface area contributed by atoms with Gasteiger partial charge in [0.25, 0.3) is 0 Å². The van der Waals surface area contributed by atoms with Gasteiger partial charge in [-0.05, 0) is 6.42 Å². The average Bonchev–Trinajstić information content (AvgIpc) is 2.31. The van der Waals surface area contributed by atoms with E-state index in [0.717, 1.165) is 0 Å². The van der Waals surface area contributed by atoms with E-state index in [0.29, 0.717) is 35.0 Å². The van der Waals surface area contributed by atoms with E-state index >= 15 is 0 Å². The molecule has 0 atom stereocenters. The maximum absolute atomic E-state index is 11.3. The molecule has 11 heteroatoms. The molecule has 0 aromatic rings. The van der Waals surface area contributed by atoms with Crippen LogP contribution in [0, 0.1) is 0 Å². The van der Waals surface area contributed by atoms with Crippen molar-refractivity contribution in [2.24, 2.45) is 0 Å². The van der Waals surface area contributed by atoms with Crippen molar-refractivity contribution in [2.45, 2.75) is 19.8 Å². The second-order valence-corrected chi connectivity index (χ2v) is 6.79. The number of hydrogen-bond acceptors (Lipinski definition) is 8. The Hall–Kier alpha value is -0.810. The Labute approximate surface area is 120 Å². The van der Waals surface area contributed by atoms with Gasteiger partial charge in [-0.1, -0.05) is 13.3 Å². The molecule has 0 spiro atoms. The van der Waals surface area contributed by atoms with E-state index in [1.165, 1.54) is 19.0 Å². The summed E-state index contributed by atoms with van der Waals surface area (Å²) in [4.78, 5) is 23.2. The van der Waals surface area contributed by atoms with Crippen molar-refractivity contribution in [3.8, 4) is 0 Å². The quantitative estimate of drug-likeness (QED) is 0.427. The molecule has 0 unspecified atom stereocenters. The highest BCUT2D eigenvalue weighted by molar-refractivity contribution is 8.73. The van der Waals surface area contributed by atoms with E-state index in [2.05, 4.69) is 8.37 Å². The zero-order chi connectivity index (χ0) is 14.9. The lowest BCUT2D eigenvalue weighted by molar-refractivity contribution is 0.180. The summed E-state index contributed by atoms with van der Waals surface area (Å²) >= 11 is 0.952. The van der Waals surface area contributed by atoms with Crippen LogP contribution in [0.1, 0.15) is 19.8 Å². The fraction of sp³-hybridized carbons (Fsp3) is 0.750. The van der Waals surface area contributed by atoms with Crippen LogP contribution in [-0.4, -0.2) is 45.4 Å². The first-order valence-corrected chi connectivity index (χ1v) is 8.87. The number of amides is 2. The number of carbonyl (C=O) groups excluding carboxylic acids is 2. The van der Waals surface area contributed by atoms with E-state index in [-0.39, 0.29) is 5.75 Å². The van der Waals surface area contributed by atoms with Gasteiger partial charge in [0.05, 0.1) is 5.75 Å². The third kappa shape index (κ3) is 9.73. The molecule has 0 aromatic heterocycles. The van der Waals surface area contributed by atoms with Gasteiger partial charge in [-0.3, -0.25) is 0 Å². The first kappa shape index (κ1) is 18.2. The molecule has 0 saturated carbocycles. The molecule has 0 aliphatic carbocycles. The molecule has 0 heterocycles. The Morgan fingerprint density at radius 1 is 1.21 bits per heavy atom. The van der Waals surface area contributed by atoms with Gasteiger partial charge in [0, 0.05) is 14.1 Å². The summed E-state index contributed by atoms with van der Waals surface area (Å²) < 4.78 is 33.4. The second kappa shape index (κ2) is 9.15. The standard InChI is InChI=1S/C8H16N2O6S3/c1-4-5-6-19(13,14)9-7(11)15-17-18-16-8(12)10(2)3/h4-6H2,1-3H3,(H,9,11). The lowest BCUT2D eigenvalue weighted by atomic mass is 10.4. The van der Waals surface area contributed by atoms with Crippen LogP contribution in [0.15, 0.2) is 0 Å². The number of carbonyl (C=O) groups is 2. The van der Waals surface area contributed by atoms with Crippen LogP contribution in [0.25, 0.3) is 0 Å². The van der Waals surface area contributed by atoms with Crippen molar-refractivity contribution < 1.29 is 26.4 Å². The maximum atomic E-state index is 11.3. The Kier molecular flexibility index (Phi) is 8.76. The number of unbranched alkanes of at least 4 members (excludes halogenated alkanes) is 1. The van der Waals surface area contributed by atoms with E-state index in [1.807, 2.05) is 6.92 Å². The number of hydrogen-bond donors (Lipinski definition) is 1. The lowest BCUT2D eigenvalue weighted by Gasteiger charge is -2.08. The third-order valence-electron chi connectivity index (χ3n) is 1.61. The first-order chi connectivity index (χ1) is 8.78. The highest BCUT2D eigenvalue weighted by Gasteiger charge is 2.16. The van der Waals surface area contributed by atoms with Gasteiger partial charge in [-0.2, -0.15) is 0 Å². The van der Waals surface area contributed by atoms with Crippen molar-refractivity contribution in [3.63, 3.8) is 0 Å². The number of nitrogens with zero attached hydrogens (tertiary/aromatic N) is 1. The highest BCUT2D eigenvalue weighted by Crippen LogP contribution is 2.24. The predicted molar refractivity (Wildman–Crippen MR) is 73.7 cm³/mol. The molecule has 1 N–H and O–H groups in total. The first-order valence-electron chi connectivity index (χ1n) is 5.22. The summed E-state index contributed by atoms with van der Waals surface area (Å²) in [5, 5.41) is 0. The van der Waals surface area contributed by atoms with Crippen LogP contribution in [-0.2, 0) is 18.4 Å². The van der Waals surface area contributed by atoms with Crippen molar-refractivity contribution >= 4 is 44.4 Å². The summed E-state index contributed by atoms with van der Waals surface area (Å²) in [6.45, 7) is 1.83. The van der Waals surface area contributed by atoms with E-state index < -0.39 is 22.2 Å². The van der Waals surface area contributed by atoms with Gasteiger partial charge >= 0.3 is 12.2 Å². The summed E-state index contributed by atoms with van der Waals surface area (Å²) in [6.07, 6.45) is -0.613. The molecule has 0 aliphatic heterocycles. The van der Waals surface area contributed by atoms with Crippen LogP contribution in [0.5, 0.6) is 0 Å². The number of sulfonamides is 1. The second-order valence-electron chi connectivity index (χ2n) is 3.53. The maximum Gasteiger partial charge on any atom is 0.434 e. The summed E-state index contributed by atoms with van der Waals surface area (Å²) in [6, 6.07) is 0. The van der Waals surface area contributed by atoms with Crippen molar-refractivity contribution in [1.29, 1.82) is 0 Å². The molecule has 2 amide bonds. The SMILES string of the molecule is CCCCS(=O)(=O)NC(=O)OSSOC(=O)N(C)C. The topological polar surface area (TPSA) is 102 Å². The molecule has 0 radical (unpaired) electrons. The van der Waals surface area contributed by atoms with Crippen LogP contribution in [0.3, 0.4) is 0 Å². The number of nitrogens with one attached hydrogen (secondary N) is 1. The van der Waals surface area contributed by atoms with Crippen molar-refractivity contribution in [1.82, 2.24) is 9.62 Å². The molecule has 0 aliphatic rings. The van der Waals surface area contributed by atoms with Crippen LogP contribution in [0.2, 0.25) is 0 Å². The van der Waals surface area contributed by atoms with Gasteiger partial charge < -0.3 is 13.3 Å². The summed E-state index contributed by atoms with van der Waals surface area (Å²) in [5.74, 6) is -0.147. The monoisotopic (exact) mass is 332 g/mol. The van der Waals surface area contributed by atoms with Crippen LogP contribution < -0.4 is 4.72 Å². The van der Waals surface area contributed by atoms with Gasteiger partial charge in [0.1, 0.15) is 0 Å². The largest absolute Gasteiger partial charge is 0.434 e. The lowest BCUT2D eigenvalue weighted by Crippen LogP contribution is -2.31. The molecule has 0 rings (SSSR count). The van der Waals surface area contributed by atoms with E-state index in [1.54, 1.807) is 4.72 Å². The molecule has 0 saturated heterocycles. The fourth-order valence-corrected chi connectivity index (χ4v) is 2.70. The molecule has 0 bridgehead atoms. The minimum absolute atomic E-state index is 0.147. The van der Waals surface area contributed by atoms with Gasteiger partial charge in [-0.15, -0.1) is 0 Å². The molecular formula is C8H16N2O6S3.